The molecule has 0 radical (unpaired) electrons. The van der Waals surface area contributed by atoms with Gasteiger partial charge < -0.3 is 9.88 Å². The molecule has 0 aliphatic rings. The summed E-state index contributed by atoms with van der Waals surface area (Å²) < 4.78 is 1.87. The van der Waals surface area contributed by atoms with Crippen LogP contribution in [0.4, 0.5) is 5.69 Å². The molecule has 6 nitrogen and oxygen atoms in total. The van der Waals surface area contributed by atoms with Gasteiger partial charge in [0, 0.05) is 23.9 Å². The Morgan fingerprint density at radius 2 is 1.85 bits per heavy atom. The van der Waals surface area contributed by atoms with Crippen molar-refractivity contribution in [2.24, 2.45) is 7.05 Å². The van der Waals surface area contributed by atoms with Crippen molar-refractivity contribution in [1.82, 2.24) is 14.8 Å². The number of hydrogen-bond acceptors (Lipinski definition) is 5. The Hall–Kier alpha value is -2.93. The van der Waals surface area contributed by atoms with Crippen molar-refractivity contribution < 1.29 is 9.59 Å². The molecule has 0 aliphatic carbocycles. The van der Waals surface area contributed by atoms with E-state index in [0.717, 1.165) is 11.4 Å². The highest BCUT2D eigenvalue weighted by Gasteiger charge is 2.13. The molecule has 0 unspecified atom stereocenters. The molecule has 3 aromatic rings. The van der Waals surface area contributed by atoms with E-state index in [1.807, 2.05) is 42.8 Å². The van der Waals surface area contributed by atoms with Crippen molar-refractivity contribution in [2.75, 3.05) is 11.1 Å². The van der Waals surface area contributed by atoms with Gasteiger partial charge in [-0.05, 0) is 26.0 Å². The minimum Gasteiger partial charge on any atom is -0.325 e. The zero-order valence-electron chi connectivity index (χ0n) is 15.4. The highest BCUT2D eigenvalue weighted by atomic mass is 32.2. The summed E-state index contributed by atoms with van der Waals surface area (Å²) >= 11 is 1.31. The molecule has 0 saturated carbocycles. The number of aromatic nitrogens is 3. The summed E-state index contributed by atoms with van der Waals surface area (Å²) in [4.78, 5) is 23.7. The number of hydrogen-bond donors (Lipinski definition) is 1. The highest BCUT2D eigenvalue weighted by Crippen LogP contribution is 2.23. The molecule has 0 spiro atoms. The second kappa shape index (κ2) is 8.18. The van der Waals surface area contributed by atoms with Crippen LogP contribution in [0, 0.1) is 6.92 Å². The van der Waals surface area contributed by atoms with Crippen LogP contribution in [0.25, 0.3) is 11.4 Å². The Kier molecular flexibility index (Phi) is 5.71. The molecule has 138 valence electrons. The molecule has 0 aliphatic heterocycles. The fourth-order valence-corrected chi connectivity index (χ4v) is 3.25. The van der Waals surface area contributed by atoms with Crippen molar-refractivity contribution in [1.29, 1.82) is 0 Å². The van der Waals surface area contributed by atoms with Gasteiger partial charge in [0.1, 0.15) is 0 Å². The Morgan fingerprint density at radius 3 is 2.56 bits per heavy atom. The third-order valence-electron chi connectivity index (χ3n) is 4.03. The Morgan fingerprint density at radius 1 is 1.11 bits per heavy atom. The molecule has 0 saturated heterocycles. The number of anilines is 1. The third kappa shape index (κ3) is 4.62. The minimum atomic E-state index is -0.166. The Bertz CT molecular complexity index is 980. The predicted octanol–water partition coefficient (Wildman–Crippen LogP) is 3.72. The summed E-state index contributed by atoms with van der Waals surface area (Å²) in [5, 5.41) is 11.9. The highest BCUT2D eigenvalue weighted by molar-refractivity contribution is 7.99. The van der Waals surface area contributed by atoms with E-state index in [9.17, 15) is 9.59 Å². The van der Waals surface area contributed by atoms with Crippen molar-refractivity contribution in [3.8, 4) is 11.4 Å². The average molecular weight is 380 g/mol. The Labute approximate surface area is 162 Å². The molecule has 1 aromatic heterocycles. The maximum absolute atomic E-state index is 12.2. The second-order valence-corrected chi connectivity index (χ2v) is 7.15. The zero-order chi connectivity index (χ0) is 19.4. The van der Waals surface area contributed by atoms with E-state index < -0.39 is 0 Å². The summed E-state index contributed by atoms with van der Waals surface area (Å²) in [7, 11) is 1.88. The van der Waals surface area contributed by atoms with Crippen LogP contribution in [-0.2, 0) is 11.8 Å². The molecule has 2 aromatic carbocycles. The number of amides is 1. The summed E-state index contributed by atoms with van der Waals surface area (Å²) in [5.41, 5.74) is 3.33. The number of Topliss-reactive ketones (excluding diaryl/α,β-unsaturated/α-hetero) is 1. The zero-order valence-corrected chi connectivity index (χ0v) is 16.2. The van der Waals surface area contributed by atoms with Gasteiger partial charge in [0.15, 0.2) is 16.8 Å². The summed E-state index contributed by atoms with van der Waals surface area (Å²) in [5.74, 6) is 0.750. The smallest absolute Gasteiger partial charge is 0.234 e. The second-order valence-electron chi connectivity index (χ2n) is 6.21. The van der Waals surface area contributed by atoms with E-state index >= 15 is 0 Å². The average Bonchev–Trinajstić information content (AvgIpc) is 3.01. The molecule has 7 heteroatoms. The van der Waals surface area contributed by atoms with Crippen LogP contribution >= 0.6 is 11.8 Å². The van der Waals surface area contributed by atoms with Crippen LogP contribution in [0.1, 0.15) is 22.8 Å². The lowest BCUT2D eigenvalue weighted by Crippen LogP contribution is -2.14. The van der Waals surface area contributed by atoms with Gasteiger partial charge >= 0.3 is 0 Å². The normalized spacial score (nSPS) is 10.6. The van der Waals surface area contributed by atoms with Crippen molar-refractivity contribution in [2.45, 2.75) is 19.0 Å². The lowest BCUT2D eigenvalue weighted by Gasteiger charge is -2.07. The molecule has 27 heavy (non-hydrogen) atoms. The van der Waals surface area contributed by atoms with E-state index in [1.54, 1.807) is 24.3 Å². The third-order valence-corrected chi connectivity index (χ3v) is 5.05. The van der Waals surface area contributed by atoms with Gasteiger partial charge in [-0.25, -0.2) is 0 Å². The van der Waals surface area contributed by atoms with Crippen LogP contribution in [0.2, 0.25) is 0 Å². The van der Waals surface area contributed by atoms with Gasteiger partial charge in [-0.3, -0.25) is 9.59 Å². The minimum absolute atomic E-state index is 0.0387. The number of carbonyl (C=O) groups is 2. The van der Waals surface area contributed by atoms with Gasteiger partial charge in [-0.1, -0.05) is 53.7 Å². The molecule has 0 bridgehead atoms. The lowest BCUT2D eigenvalue weighted by atomic mass is 10.1. The molecule has 3 rings (SSSR count). The van der Waals surface area contributed by atoms with E-state index in [2.05, 4.69) is 15.5 Å². The number of benzene rings is 2. The molecule has 1 heterocycles. The first-order valence-electron chi connectivity index (χ1n) is 8.44. The molecule has 1 N–H and O–H groups in total. The monoisotopic (exact) mass is 380 g/mol. The first kappa shape index (κ1) is 18.8. The fraction of sp³-hybridized carbons (Fsp3) is 0.200. The number of nitrogens with zero attached hydrogens (tertiary/aromatic N) is 3. The molecular weight excluding hydrogens is 360 g/mol. The Balaban J connectivity index is 1.63. The number of aryl methyl sites for hydroxylation is 1. The first-order valence-corrected chi connectivity index (χ1v) is 9.42. The van der Waals surface area contributed by atoms with Gasteiger partial charge in [-0.15, -0.1) is 10.2 Å². The van der Waals surface area contributed by atoms with Crippen LogP contribution in [0.5, 0.6) is 0 Å². The quantitative estimate of drug-likeness (QED) is 0.521. The summed E-state index contributed by atoms with van der Waals surface area (Å²) in [6.07, 6.45) is 0. The molecular formula is C20H20N4O2S. The fourth-order valence-electron chi connectivity index (χ4n) is 2.54. The number of ketones is 1. The SMILES string of the molecule is CC(=O)c1cccc(NC(=O)CSc2nnc(-c3ccc(C)cc3)n2C)c1. The van der Waals surface area contributed by atoms with Gasteiger partial charge in [0.05, 0.1) is 5.75 Å². The topological polar surface area (TPSA) is 76.9 Å². The van der Waals surface area contributed by atoms with E-state index in [0.29, 0.717) is 16.4 Å². The standard InChI is InChI=1S/C20H20N4O2S/c1-13-7-9-15(10-8-13)19-22-23-20(24(19)3)27-12-18(26)21-17-6-4-5-16(11-17)14(2)25/h4-11H,12H2,1-3H3,(H,21,26). The summed E-state index contributed by atoms with van der Waals surface area (Å²) in [6.45, 7) is 3.53. The number of rotatable bonds is 6. The van der Waals surface area contributed by atoms with Crippen LogP contribution in [0.15, 0.2) is 53.7 Å². The maximum atomic E-state index is 12.2. The molecule has 1 amide bonds. The van der Waals surface area contributed by atoms with Gasteiger partial charge in [0.25, 0.3) is 0 Å². The van der Waals surface area contributed by atoms with Gasteiger partial charge in [0.2, 0.25) is 5.91 Å². The van der Waals surface area contributed by atoms with Crippen LogP contribution < -0.4 is 5.32 Å². The van der Waals surface area contributed by atoms with Crippen molar-refractivity contribution in [3.05, 3.63) is 59.7 Å². The lowest BCUT2D eigenvalue weighted by molar-refractivity contribution is -0.113. The van der Waals surface area contributed by atoms with Crippen molar-refractivity contribution in [3.63, 3.8) is 0 Å². The number of thioether (sulfide) groups is 1. The predicted molar refractivity (Wildman–Crippen MR) is 107 cm³/mol. The van der Waals surface area contributed by atoms with E-state index in [1.165, 1.54) is 24.2 Å². The van der Waals surface area contributed by atoms with Crippen LogP contribution in [-0.4, -0.2) is 32.2 Å². The first-order chi connectivity index (χ1) is 12.9. The number of nitrogens with one attached hydrogen (secondary N) is 1. The largest absolute Gasteiger partial charge is 0.325 e. The number of carbonyl (C=O) groups excluding carboxylic acids is 2. The molecule has 0 fully saturated rings. The van der Waals surface area contributed by atoms with E-state index in [-0.39, 0.29) is 17.4 Å². The molecule has 0 atom stereocenters. The maximum Gasteiger partial charge on any atom is 0.234 e. The summed E-state index contributed by atoms with van der Waals surface area (Å²) in [6, 6.07) is 15.0. The van der Waals surface area contributed by atoms with E-state index in [4.69, 9.17) is 0 Å². The van der Waals surface area contributed by atoms with Crippen LogP contribution in [0.3, 0.4) is 0 Å². The van der Waals surface area contributed by atoms with Crippen molar-refractivity contribution >= 4 is 29.1 Å². The van der Waals surface area contributed by atoms with Gasteiger partial charge in [-0.2, -0.15) is 0 Å².